The molecule has 0 bridgehead atoms. The van der Waals surface area contributed by atoms with Gasteiger partial charge in [0.2, 0.25) is 0 Å². The summed E-state index contributed by atoms with van der Waals surface area (Å²) >= 11 is 0. The van der Waals surface area contributed by atoms with Gasteiger partial charge in [-0.25, -0.2) is 5.43 Å². The molecule has 0 saturated carbocycles. The summed E-state index contributed by atoms with van der Waals surface area (Å²) in [5, 5.41) is 13.9. The normalized spacial score (nSPS) is 23.6. The molecule has 1 aromatic carbocycles. The monoisotopic (exact) mass is 390 g/mol. The fourth-order valence-electron chi connectivity index (χ4n) is 4.24. The van der Waals surface area contributed by atoms with Crippen LogP contribution in [0.15, 0.2) is 64.0 Å². The van der Waals surface area contributed by atoms with Crippen molar-refractivity contribution in [3.8, 4) is 0 Å². The molecule has 2 aliphatic heterocycles. The molecule has 2 heterocycles. The van der Waals surface area contributed by atoms with Crippen LogP contribution in [0.25, 0.3) is 0 Å². The molecule has 1 aromatic rings. The number of fused-ring (bicyclic) bond motifs is 1. The molecule has 0 spiro atoms. The molecule has 2 atom stereocenters. The number of aliphatic imine (C=N–C) groups is 1. The van der Waals surface area contributed by atoms with Gasteiger partial charge >= 0.3 is 0 Å². The van der Waals surface area contributed by atoms with Gasteiger partial charge in [-0.3, -0.25) is 10.4 Å². The van der Waals surface area contributed by atoms with Crippen LogP contribution < -0.4 is 16.5 Å². The van der Waals surface area contributed by atoms with E-state index in [2.05, 4.69) is 78.1 Å². The van der Waals surface area contributed by atoms with Gasteiger partial charge in [0.1, 0.15) is 6.17 Å². The maximum atomic E-state index is 8.68. The van der Waals surface area contributed by atoms with E-state index < -0.39 is 0 Å². The van der Waals surface area contributed by atoms with E-state index >= 15 is 0 Å². The van der Waals surface area contributed by atoms with E-state index in [1.54, 1.807) is 6.21 Å². The quantitative estimate of drug-likeness (QED) is 0.574. The second kappa shape index (κ2) is 7.19. The molecule has 4 rings (SSSR count). The molecule has 0 radical (unpaired) electrons. The lowest BCUT2D eigenvalue weighted by atomic mass is 9.87. The molecule has 6 heteroatoms. The molecule has 1 aliphatic carbocycles. The maximum absolute atomic E-state index is 8.68. The van der Waals surface area contributed by atoms with Gasteiger partial charge in [-0.05, 0) is 54.5 Å². The van der Waals surface area contributed by atoms with E-state index in [0.717, 1.165) is 40.9 Å². The Bertz CT molecular complexity index is 948. The Labute approximate surface area is 172 Å². The van der Waals surface area contributed by atoms with Gasteiger partial charge in [0.25, 0.3) is 0 Å². The number of nitrogens with two attached hydrogens (primary N) is 1. The highest BCUT2D eigenvalue weighted by Crippen LogP contribution is 2.40. The highest BCUT2D eigenvalue weighted by molar-refractivity contribution is 6.23. The average molecular weight is 391 g/mol. The topological polar surface area (TPSA) is 89.5 Å². The average Bonchev–Trinajstić information content (AvgIpc) is 3.25. The summed E-state index contributed by atoms with van der Waals surface area (Å²) in [7, 11) is 1.92. The third-order valence-corrected chi connectivity index (χ3v) is 5.96. The minimum Gasteiger partial charge on any atom is -0.402 e. The van der Waals surface area contributed by atoms with Crippen molar-refractivity contribution in [3.05, 3.63) is 64.5 Å². The summed E-state index contributed by atoms with van der Waals surface area (Å²) in [6.07, 6.45) is 7.56. The number of hydrogen-bond donors (Lipinski definition) is 4. The zero-order chi connectivity index (χ0) is 20.8. The Kier molecular flexibility index (Phi) is 4.82. The Morgan fingerprint density at radius 3 is 2.66 bits per heavy atom. The molecule has 3 aliphatic rings. The zero-order valence-corrected chi connectivity index (χ0v) is 17.6. The molecule has 0 amide bonds. The number of anilines is 1. The predicted octanol–water partition coefficient (Wildman–Crippen LogP) is 3.88. The number of rotatable bonds is 5. The first kappa shape index (κ1) is 19.5. The van der Waals surface area contributed by atoms with Crippen LogP contribution in [0.5, 0.6) is 0 Å². The minimum atomic E-state index is -0.100. The van der Waals surface area contributed by atoms with Crippen LogP contribution in [0, 0.1) is 10.8 Å². The third-order valence-electron chi connectivity index (χ3n) is 5.96. The Balaban J connectivity index is 1.52. The summed E-state index contributed by atoms with van der Waals surface area (Å²) in [5.41, 5.74) is 16.4. The van der Waals surface area contributed by atoms with Gasteiger partial charge in [-0.1, -0.05) is 26.0 Å². The molecular weight excluding hydrogens is 360 g/mol. The van der Waals surface area contributed by atoms with Gasteiger partial charge in [0.05, 0.1) is 11.8 Å². The first-order valence-electron chi connectivity index (χ1n) is 10.1. The van der Waals surface area contributed by atoms with Gasteiger partial charge in [-0.15, -0.1) is 0 Å². The van der Waals surface area contributed by atoms with Crippen LogP contribution in [0.2, 0.25) is 0 Å². The second-order valence-electron chi connectivity index (χ2n) is 8.89. The number of benzene rings is 1. The zero-order valence-electron chi connectivity index (χ0n) is 17.6. The van der Waals surface area contributed by atoms with Crippen molar-refractivity contribution in [2.75, 3.05) is 12.4 Å². The van der Waals surface area contributed by atoms with E-state index in [0.29, 0.717) is 5.71 Å². The van der Waals surface area contributed by atoms with E-state index in [-0.39, 0.29) is 17.6 Å². The van der Waals surface area contributed by atoms with E-state index in [4.69, 9.17) is 11.1 Å². The van der Waals surface area contributed by atoms with Gasteiger partial charge in [0, 0.05) is 42.0 Å². The molecule has 0 saturated heterocycles. The summed E-state index contributed by atoms with van der Waals surface area (Å²) in [4.78, 5) is 4.65. The van der Waals surface area contributed by atoms with Crippen molar-refractivity contribution >= 4 is 17.6 Å². The molecule has 0 aromatic heterocycles. The molecular formula is C23H30N6. The minimum absolute atomic E-state index is 0.100. The molecule has 2 unspecified atom stereocenters. The lowest BCUT2D eigenvalue weighted by molar-refractivity contribution is 0.215. The summed E-state index contributed by atoms with van der Waals surface area (Å²) in [6, 6.07) is 8.60. The van der Waals surface area contributed by atoms with Crippen molar-refractivity contribution in [1.82, 2.24) is 10.4 Å². The Hall–Kier alpha value is -2.86. The van der Waals surface area contributed by atoms with E-state index in [1.807, 2.05) is 7.05 Å². The smallest absolute Gasteiger partial charge is 0.143 e. The van der Waals surface area contributed by atoms with Crippen molar-refractivity contribution in [1.29, 1.82) is 5.41 Å². The van der Waals surface area contributed by atoms with Crippen molar-refractivity contribution in [2.24, 2.45) is 16.1 Å². The Morgan fingerprint density at radius 2 is 2.03 bits per heavy atom. The van der Waals surface area contributed by atoms with E-state index in [1.165, 1.54) is 5.56 Å². The first-order chi connectivity index (χ1) is 13.8. The standard InChI is InChI=1S/C23H30N6/c1-14(15-5-7-18(26-4)8-6-15)29-13-17-9-16(12-27-22(17)28-29)21(25)19-10-23(2,3)11-20(19)24/h5-9,12-14,22,25-26,28H,10-11,24H2,1-4H3. The number of dihydropyridines is 1. The predicted molar refractivity (Wildman–Crippen MR) is 120 cm³/mol. The molecule has 29 heavy (non-hydrogen) atoms. The number of nitrogens with zero attached hydrogens (tertiary/aromatic N) is 2. The first-order valence-corrected chi connectivity index (χ1v) is 10.1. The van der Waals surface area contributed by atoms with Crippen LogP contribution in [-0.2, 0) is 0 Å². The molecule has 5 N–H and O–H groups in total. The van der Waals surface area contributed by atoms with Crippen LogP contribution in [0.3, 0.4) is 0 Å². The maximum Gasteiger partial charge on any atom is 0.143 e. The Morgan fingerprint density at radius 1 is 1.31 bits per heavy atom. The van der Waals surface area contributed by atoms with Crippen LogP contribution in [0.1, 0.15) is 45.2 Å². The summed E-state index contributed by atoms with van der Waals surface area (Å²) < 4.78 is 0. The second-order valence-corrected chi connectivity index (χ2v) is 8.89. The SMILES string of the molecule is CNc1ccc(C(C)N2C=C3C=C(C(=N)C4=C(N)CC(C)(C)C4)C=NC3N2)cc1. The number of hydrazine groups is 1. The third kappa shape index (κ3) is 3.72. The van der Waals surface area contributed by atoms with Crippen LogP contribution >= 0.6 is 0 Å². The van der Waals surface area contributed by atoms with Crippen molar-refractivity contribution < 1.29 is 0 Å². The molecule has 0 fully saturated rings. The fourth-order valence-corrected chi connectivity index (χ4v) is 4.24. The fraction of sp³-hybridized carbons (Fsp3) is 0.391. The number of hydrogen-bond acceptors (Lipinski definition) is 6. The highest BCUT2D eigenvalue weighted by Gasteiger charge is 2.33. The summed E-state index contributed by atoms with van der Waals surface area (Å²) in [5.74, 6) is 0. The van der Waals surface area contributed by atoms with Crippen molar-refractivity contribution in [3.63, 3.8) is 0 Å². The van der Waals surface area contributed by atoms with Gasteiger partial charge in [-0.2, -0.15) is 0 Å². The number of nitrogens with one attached hydrogen (secondary N) is 3. The van der Waals surface area contributed by atoms with Crippen molar-refractivity contribution in [2.45, 2.75) is 45.8 Å². The lowest BCUT2D eigenvalue weighted by Crippen LogP contribution is -2.37. The lowest BCUT2D eigenvalue weighted by Gasteiger charge is -2.26. The largest absolute Gasteiger partial charge is 0.402 e. The number of allylic oxidation sites excluding steroid dienone is 3. The summed E-state index contributed by atoms with van der Waals surface area (Å²) in [6.45, 7) is 6.56. The van der Waals surface area contributed by atoms with Crippen LogP contribution in [-0.4, -0.2) is 30.1 Å². The molecule has 6 nitrogen and oxygen atoms in total. The van der Waals surface area contributed by atoms with Gasteiger partial charge < -0.3 is 16.1 Å². The molecule has 152 valence electrons. The van der Waals surface area contributed by atoms with E-state index in [9.17, 15) is 0 Å². The van der Waals surface area contributed by atoms with Crippen LogP contribution in [0.4, 0.5) is 5.69 Å². The van der Waals surface area contributed by atoms with Gasteiger partial charge in [0.15, 0.2) is 0 Å². The highest BCUT2D eigenvalue weighted by atomic mass is 15.6.